The summed E-state index contributed by atoms with van der Waals surface area (Å²) < 4.78 is 42.7. The third-order valence-corrected chi connectivity index (χ3v) is 4.18. The van der Waals surface area contributed by atoms with Crippen LogP contribution in [0.1, 0.15) is 104 Å². The van der Waals surface area contributed by atoms with Gasteiger partial charge in [-0.1, -0.05) is 0 Å². The maximum Gasteiger partial charge on any atom is 0.105 e. The second-order valence-electron chi connectivity index (χ2n) is 14.5. The van der Waals surface area contributed by atoms with E-state index in [1.807, 2.05) is 104 Å². The molecule has 36 heavy (non-hydrogen) atoms. The lowest BCUT2D eigenvalue weighted by Crippen LogP contribution is -2.40. The van der Waals surface area contributed by atoms with Crippen LogP contribution in [0.4, 0.5) is 0 Å². The standard InChI is InChI=1S/C29H60O7/c1-25(2,3)32-20-23(35-28(10,11)12)18-30-16-22(34-27(7,8)9)17-31-19-24(36-29(13,14)15)21-33-26(4,5)6/h22-24H,16-21H2,1-15H3. The molecule has 0 fully saturated rings. The van der Waals surface area contributed by atoms with Gasteiger partial charge in [0.05, 0.1) is 67.6 Å². The fraction of sp³-hybridized carbons (Fsp3) is 1.00. The molecule has 0 aliphatic rings. The fourth-order valence-electron chi connectivity index (χ4n) is 3.20. The van der Waals surface area contributed by atoms with Crippen LogP contribution in [0.15, 0.2) is 0 Å². The summed E-state index contributed by atoms with van der Waals surface area (Å²) in [5.74, 6) is 0. The maximum absolute atomic E-state index is 6.24. The molecule has 0 aromatic heterocycles. The van der Waals surface area contributed by atoms with Crippen molar-refractivity contribution >= 4 is 0 Å². The van der Waals surface area contributed by atoms with Gasteiger partial charge in [0.25, 0.3) is 0 Å². The van der Waals surface area contributed by atoms with Crippen molar-refractivity contribution in [3.05, 3.63) is 0 Å². The molecule has 0 N–H and O–H groups in total. The molecule has 0 saturated carbocycles. The van der Waals surface area contributed by atoms with Crippen LogP contribution >= 0.6 is 0 Å². The first kappa shape index (κ1) is 35.7. The Hall–Kier alpha value is -0.280. The number of ether oxygens (including phenoxy) is 7. The monoisotopic (exact) mass is 520 g/mol. The number of hydrogen-bond donors (Lipinski definition) is 0. The van der Waals surface area contributed by atoms with Crippen LogP contribution in [-0.4, -0.2) is 86.0 Å². The highest BCUT2D eigenvalue weighted by molar-refractivity contribution is 4.72. The Kier molecular flexibility index (Phi) is 14.6. The van der Waals surface area contributed by atoms with Crippen LogP contribution in [-0.2, 0) is 33.2 Å². The molecule has 0 rings (SSSR count). The molecular weight excluding hydrogens is 460 g/mol. The highest BCUT2D eigenvalue weighted by Crippen LogP contribution is 2.18. The van der Waals surface area contributed by atoms with Gasteiger partial charge in [-0.05, 0) is 104 Å². The molecule has 0 amide bonds. The zero-order valence-electron chi connectivity index (χ0n) is 26.3. The summed E-state index contributed by atoms with van der Waals surface area (Å²) in [6, 6.07) is 0. The van der Waals surface area contributed by atoms with Gasteiger partial charge in [-0.15, -0.1) is 0 Å². The Morgan fingerprint density at radius 3 is 0.750 bits per heavy atom. The summed E-state index contributed by atoms with van der Waals surface area (Å²) in [5, 5.41) is 0. The molecule has 2 atom stereocenters. The zero-order chi connectivity index (χ0) is 28.4. The van der Waals surface area contributed by atoms with Crippen LogP contribution in [0.3, 0.4) is 0 Å². The van der Waals surface area contributed by atoms with Crippen LogP contribution in [0.25, 0.3) is 0 Å². The summed E-state index contributed by atoms with van der Waals surface area (Å²) in [6.45, 7) is 33.1. The first-order valence-electron chi connectivity index (χ1n) is 13.4. The average molecular weight is 521 g/mol. The van der Waals surface area contributed by atoms with Crippen molar-refractivity contribution in [1.82, 2.24) is 0 Å². The van der Waals surface area contributed by atoms with E-state index >= 15 is 0 Å². The van der Waals surface area contributed by atoms with Gasteiger partial charge in [-0.25, -0.2) is 0 Å². The van der Waals surface area contributed by atoms with E-state index in [9.17, 15) is 0 Å². The van der Waals surface area contributed by atoms with Gasteiger partial charge in [0, 0.05) is 0 Å². The largest absolute Gasteiger partial charge is 0.376 e. The van der Waals surface area contributed by atoms with Gasteiger partial charge in [-0.3, -0.25) is 0 Å². The predicted octanol–water partition coefficient (Wildman–Crippen LogP) is 6.20. The second-order valence-corrected chi connectivity index (χ2v) is 14.5. The van der Waals surface area contributed by atoms with Gasteiger partial charge in [-0.2, -0.15) is 0 Å². The normalized spacial score (nSPS) is 16.8. The van der Waals surface area contributed by atoms with E-state index in [-0.39, 0.29) is 46.3 Å². The lowest BCUT2D eigenvalue weighted by atomic mass is 10.1. The van der Waals surface area contributed by atoms with E-state index in [0.29, 0.717) is 39.6 Å². The third kappa shape index (κ3) is 24.1. The predicted molar refractivity (Wildman–Crippen MR) is 147 cm³/mol. The Bertz CT molecular complexity index is 527. The lowest BCUT2D eigenvalue weighted by Gasteiger charge is -2.32. The molecule has 0 radical (unpaired) electrons. The summed E-state index contributed by atoms with van der Waals surface area (Å²) in [4.78, 5) is 0. The summed E-state index contributed by atoms with van der Waals surface area (Å²) in [7, 11) is 0. The Labute approximate surface area is 223 Å². The van der Waals surface area contributed by atoms with Gasteiger partial charge in [0.2, 0.25) is 0 Å². The Morgan fingerprint density at radius 1 is 0.333 bits per heavy atom. The molecule has 0 bridgehead atoms. The minimum Gasteiger partial charge on any atom is -0.376 e. The molecular formula is C29H60O7. The van der Waals surface area contributed by atoms with E-state index in [1.165, 1.54) is 0 Å². The van der Waals surface area contributed by atoms with Crippen LogP contribution < -0.4 is 0 Å². The minimum absolute atomic E-state index is 0.181. The van der Waals surface area contributed by atoms with E-state index in [1.54, 1.807) is 0 Å². The van der Waals surface area contributed by atoms with E-state index in [2.05, 4.69) is 0 Å². The molecule has 0 spiro atoms. The molecule has 0 heterocycles. The van der Waals surface area contributed by atoms with Crippen molar-refractivity contribution in [3.8, 4) is 0 Å². The molecule has 2 unspecified atom stereocenters. The Balaban J connectivity index is 5.02. The maximum atomic E-state index is 6.24. The molecule has 0 aromatic rings. The van der Waals surface area contributed by atoms with Gasteiger partial charge in [0.15, 0.2) is 0 Å². The molecule has 0 aromatic carbocycles. The van der Waals surface area contributed by atoms with E-state index < -0.39 is 0 Å². The van der Waals surface area contributed by atoms with Crippen molar-refractivity contribution in [2.45, 2.75) is 150 Å². The molecule has 218 valence electrons. The summed E-state index contributed by atoms with van der Waals surface area (Å²) >= 11 is 0. The van der Waals surface area contributed by atoms with Crippen LogP contribution in [0, 0.1) is 0 Å². The Morgan fingerprint density at radius 2 is 0.556 bits per heavy atom. The lowest BCUT2D eigenvalue weighted by molar-refractivity contribution is -0.169. The number of rotatable bonds is 15. The molecule has 0 aliphatic heterocycles. The van der Waals surface area contributed by atoms with Crippen molar-refractivity contribution in [1.29, 1.82) is 0 Å². The number of hydrogen-bond acceptors (Lipinski definition) is 7. The van der Waals surface area contributed by atoms with Crippen molar-refractivity contribution < 1.29 is 33.2 Å². The highest BCUT2D eigenvalue weighted by atomic mass is 16.6. The minimum atomic E-state index is -0.329. The average Bonchev–Trinajstić information content (AvgIpc) is 2.59. The van der Waals surface area contributed by atoms with Crippen molar-refractivity contribution in [2.75, 3.05) is 39.6 Å². The molecule has 0 saturated heterocycles. The third-order valence-electron chi connectivity index (χ3n) is 4.18. The smallest absolute Gasteiger partial charge is 0.105 e. The molecule has 7 nitrogen and oxygen atoms in total. The highest BCUT2D eigenvalue weighted by Gasteiger charge is 2.26. The SMILES string of the molecule is CC(C)(C)OCC(COCC(COCC(COC(C)(C)C)OC(C)(C)C)OC(C)(C)C)OC(C)(C)C. The van der Waals surface area contributed by atoms with Crippen LogP contribution in [0.2, 0.25) is 0 Å². The second kappa shape index (κ2) is 14.8. The first-order chi connectivity index (χ1) is 15.9. The van der Waals surface area contributed by atoms with Gasteiger partial charge >= 0.3 is 0 Å². The van der Waals surface area contributed by atoms with Gasteiger partial charge in [0.1, 0.15) is 18.3 Å². The van der Waals surface area contributed by atoms with Crippen LogP contribution in [0.5, 0.6) is 0 Å². The quantitative estimate of drug-likeness (QED) is 0.255. The molecule has 7 heteroatoms. The summed E-state index contributed by atoms with van der Waals surface area (Å²) in [6.07, 6.45) is -0.596. The molecule has 0 aliphatic carbocycles. The van der Waals surface area contributed by atoms with Crippen molar-refractivity contribution in [2.24, 2.45) is 0 Å². The van der Waals surface area contributed by atoms with E-state index in [4.69, 9.17) is 33.2 Å². The van der Waals surface area contributed by atoms with Crippen molar-refractivity contribution in [3.63, 3.8) is 0 Å². The zero-order valence-corrected chi connectivity index (χ0v) is 26.3. The van der Waals surface area contributed by atoms with E-state index in [0.717, 1.165) is 0 Å². The topological polar surface area (TPSA) is 64.6 Å². The summed E-state index contributed by atoms with van der Waals surface area (Å²) in [5.41, 5.74) is -1.40. The fourth-order valence-corrected chi connectivity index (χ4v) is 3.20. The first-order valence-corrected chi connectivity index (χ1v) is 13.4. The van der Waals surface area contributed by atoms with Gasteiger partial charge < -0.3 is 33.2 Å².